The fraction of sp³-hybridized carbons (Fsp3) is 0.222. The van der Waals surface area contributed by atoms with Gasteiger partial charge in [-0.2, -0.15) is 0 Å². The first-order valence-corrected chi connectivity index (χ1v) is 5.37. The first-order valence-electron chi connectivity index (χ1n) is 3.79. The van der Waals surface area contributed by atoms with Gasteiger partial charge in [0.25, 0.3) is 4.51 Å². The summed E-state index contributed by atoms with van der Waals surface area (Å²) in [6.45, 7) is 2.07. The van der Waals surface area contributed by atoms with Crippen LogP contribution in [0.15, 0.2) is 22.7 Å². The molecule has 1 aromatic carbocycles. The molecular formula is C9H8BrClOS. The van der Waals surface area contributed by atoms with Crippen molar-refractivity contribution in [3.63, 3.8) is 0 Å². The van der Waals surface area contributed by atoms with Crippen molar-refractivity contribution in [2.45, 2.75) is 13.3 Å². The van der Waals surface area contributed by atoms with Crippen molar-refractivity contribution in [3.05, 3.63) is 28.2 Å². The number of halogens is 2. The average Bonchev–Trinajstić information content (AvgIpc) is 2.07. The van der Waals surface area contributed by atoms with Crippen LogP contribution in [-0.2, 0) is 6.42 Å². The van der Waals surface area contributed by atoms with Crippen LogP contribution >= 0.6 is 39.7 Å². The van der Waals surface area contributed by atoms with Crippen molar-refractivity contribution in [2.24, 2.45) is 0 Å². The Hall–Kier alpha value is -0.120. The minimum absolute atomic E-state index is 0.0179. The highest BCUT2D eigenvalue weighted by Crippen LogP contribution is 2.23. The van der Waals surface area contributed by atoms with Gasteiger partial charge in [0.15, 0.2) is 0 Å². The average molecular weight is 280 g/mol. The van der Waals surface area contributed by atoms with Crippen LogP contribution in [0.5, 0.6) is 5.75 Å². The van der Waals surface area contributed by atoms with E-state index in [1.54, 1.807) is 0 Å². The molecule has 0 saturated carbocycles. The summed E-state index contributed by atoms with van der Waals surface area (Å²) in [5.41, 5.74) is 1.17. The van der Waals surface area contributed by atoms with Crippen LogP contribution in [0.4, 0.5) is 0 Å². The number of rotatable bonds is 2. The summed E-state index contributed by atoms with van der Waals surface area (Å²) in [7, 11) is 0. The number of aryl methyl sites for hydroxylation is 1. The lowest BCUT2D eigenvalue weighted by Crippen LogP contribution is -1.96. The van der Waals surface area contributed by atoms with E-state index >= 15 is 0 Å². The minimum atomic E-state index is 0.0179. The Morgan fingerprint density at radius 3 is 2.85 bits per heavy atom. The molecule has 0 aliphatic rings. The molecule has 0 fully saturated rings. The van der Waals surface area contributed by atoms with Crippen LogP contribution in [-0.4, -0.2) is 4.51 Å². The number of ether oxygens (including phenoxy) is 1. The lowest BCUT2D eigenvalue weighted by molar-refractivity contribution is 0.576. The van der Waals surface area contributed by atoms with Crippen molar-refractivity contribution in [3.8, 4) is 5.75 Å². The molecule has 0 saturated heterocycles. The molecule has 1 aromatic rings. The van der Waals surface area contributed by atoms with E-state index in [9.17, 15) is 0 Å². The molecule has 0 aliphatic carbocycles. The van der Waals surface area contributed by atoms with Crippen molar-refractivity contribution >= 4 is 44.3 Å². The van der Waals surface area contributed by atoms with Gasteiger partial charge in [0.2, 0.25) is 0 Å². The van der Waals surface area contributed by atoms with Gasteiger partial charge in [-0.1, -0.05) is 22.9 Å². The van der Waals surface area contributed by atoms with Crippen molar-refractivity contribution in [2.75, 3.05) is 0 Å². The Morgan fingerprint density at radius 1 is 1.62 bits per heavy atom. The van der Waals surface area contributed by atoms with Crippen LogP contribution in [0.2, 0.25) is 0 Å². The van der Waals surface area contributed by atoms with Crippen LogP contribution in [0.1, 0.15) is 12.5 Å². The maximum absolute atomic E-state index is 5.45. The van der Waals surface area contributed by atoms with Gasteiger partial charge in [0, 0.05) is 4.47 Å². The standard InChI is InChI=1S/C9H8BrClOS/c1-2-6-5-7(12-9(11)13)3-4-8(6)10/h3-5H,2H2,1H3. The molecule has 0 bridgehead atoms. The smallest absolute Gasteiger partial charge is 0.260 e. The van der Waals surface area contributed by atoms with Crippen LogP contribution in [0, 0.1) is 0 Å². The molecule has 0 radical (unpaired) electrons. The topological polar surface area (TPSA) is 9.23 Å². The Balaban J connectivity index is 2.92. The second-order valence-electron chi connectivity index (χ2n) is 2.45. The molecule has 1 nitrogen and oxygen atoms in total. The third-order valence-electron chi connectivity index (χ3n) is 1.60. The third-order valence-corrected chi connectivity index (χ3v) is 2.53. The molecule has 0 amide bonds. The molecule has 0 unspecified atom stereocenters. The summed E-state index contributed by atoms with van der Waals surface area (Å²) in [6, 6.07) is 5.65. The lowest BCUT2D eigenvalue weighted by Gasteiger charge is -2.05. The Kier molecular flexibility index (Phi) is 4.16. The van der Waals surface area contributed by atoms with Crippen LogP contribution in [0.3, 0.4) is 0 Å². The molecule has 0 heterocycles. The first-order chi connectivity index (χ1) is 6.13. The summed E-state index contributed by atoms with van der Waals surface area (Å²) in [5.74, 6) is 0.681. The monoisotopic (exact) mass is 278 g/mol. The van der Waals surface area contributed by atoms with E-state index in [2.05, 4.69) is 35.1 Å². The maximum Gasteiger partial charge on any atom is 0.260 e. The first kappa shape index (κ1) is 11.0. The van der Waals surface area contributed by atoms with Crippen molar-refractivity contribution in [1.29, 1.82) is 0 Å². The predicted molar refractivity (Wildman–Crippen MR) is 62.6 cm³/mol. The van der Waals surface area contributed by atoms with Gasteiger partial charge in [-0.15, -0.1) is 0 Å². The van der Waals surface area contributed by atoms with E-state index in [4.69, 9.17) is 16.3 Å². The van der Waals surface area contributed by atoms with Gasteiger partial charge >= 0.3 is 0 Å². The van der Waals surface area contributed by atoms with Crippen molar-refractivity contribution < 1.29 is 4.74 Å². The van der Waals surface area contributed by atoms with Gasteiger partial charge in [-0.25, -0.2) is 0 Å². The van der Waals surface area contributed by atoms with E-state index in [1.165, 1.54) is 5.56 Å². The summed E-state index contributed by atoms with van der Waals surface area (Å²) in [6.07, 6.45) is 0.937. The van der Waals surface area contributed by atoms with Crippen molar-refractivity contribution in [1.82, 2.24) is 0 Å². The minimum Gasteiger partial charge on any atom is -0.436 e. The number of thiocarbonyl (C=S) groups is 1. The molecule has 0 aromatic heterocycles. The zero-order valence-corrected chi connectivity index (χ0v) is 10.2. The van der Waals surface area contributed by atoms with E-state index in [0.29, 0.717) is 5.75 Å². The van der Waals surface area contributed by atoms with E-state index < -0.39 is 0 Å². The molecule has 1 rings (SSSR count). The molecule has 0 spiro atoms. The SMILES string of the molecule is CCc1cc(OC(=S)Cl)ccc1Br. The Morgan fingerprint density at radius 2 is 2.31 bits per heavy atom. The van der Waals surface area contributed by atoms with Gasteiger partial charge in [0.05, 0.1) is 0 Å². The summed E-state index contributed by atoms with van der Waals surface area (Å²) >= 11 is 13.5. The zero-order valence-electron chi connectivity index (χ0n) is 7.01. The highest BCUT2D eigenvalue weighted by Gasteiger charge is 2.01. The number of hydrogen-bond acceptors (Lipinski definition) is 2. The maximum atomic E-state index is 5.45. The van der Waals surface area contributed by atoms with Gasteiger partial charge in [-0.3, -0.25) is 0 Å². The second-order valence-corrected chi connectivity index (χ2v) is 4.24. The molecule has 0 atom stereocenters. The largest absolute Gasteiger partial charge is 0.436 e. The summed E-state index contributed by atoms with van der Waals surface area (Å²) in [5, 5.41) is 0. The quantitative estimate of drug-likeness (QED) is 0.599. The van der Waals surface area contributed by atoms with E-state index in [1.807, 2.05) is 18.2 Å². The molecule has 13 heavy (non-hydrogen) atoms. The normalized spacial score (nSPS) is 9.77. The van der Waals surface area contributed by atoms with E-state index in [0.717, 1.165) is 10.9 Å². The fourth-order valence-corrected chi connectivity index (χ4v) is 1.69. The number of hydrogen-bond donors (Lipinski definition) is 0. The molecular weight excluding hydrogens is 272 g/mol. The Labute approximate surface area is 96.2 Å². The number of benzene rings is 1. The molecule has 0 N–H and O–H groups in total. The highest BCUT2D eigenvalue weighted by molar-refractivity contribution is 9.10. The predicted octanol–water partition coefficient (Wildman–Crippen LogP) is 3.91. The van der Waals surface area contributed by atoms with Gasteiger partial charge in [-0.05, 0) is 54.0 Å². The molecule has 70 valence electrons. The lowest BCUT2D eigenvalue weighted by atomic mass is 10.2. The summed E-state index contributed by atoms with van der Waals surface area (Å²) in [4.78, 5) is 0. The zero-order chi connectivity index (χ0) is 9.84. The summed E-state index contributed by atoms with van der Waals surface area (Å²) < 4.78 is 6.18. The second kappa shape index (κ2) is 4.94. The molecule has 4 heteroatoms. The highest BCUT2D eigenvalue weighted by atomic mass is 79.9. The van der Waals surface area contributed by atoms with E-state index in [-0.39, 0.29) is 4.51 Å². The Bertz CT molecular complexity index is 327. The molecule has 0 aliphatic heterocycles. The van der Waals surface area contributed by atoms with Gasteiger partial charge in [0.1, 0.15) is 5.75 Å². The fourth-order valence-electron chi connectivity index (χ4n) is 0.978. The van der Waals surface area contributed by atoms with Gasteiger partial charge < -0.3 is 4.74 Å². The van der Waals surface area contributed by atoms with Crippen LogP contribution in [0.25, 0.3) is 0 Å². The van der Waals surface area contributed by atoms with Crippen LogP contribution < -0.4 is 4.74 Å². The third kappa shape index (κ3) is 3.25.